The van der Waals surface area contributed by atoms with E-state index in [0.717, 1.165) is 6.07 Å². The molecule has 0 saturated carbocycles. The first-order chi connectivity index (χ1) is 9.38. The molecule has 0 saturated heterocycles. The second kappa shape index (κ2) is 5.19. The van der Waals surface area contributed by atoms with Gasteiger partial charge in [-0.2, -0.15) is 4.98 Å². The summed E-state index contributed by atoms with van der Waals surface area (Å²) in [6, 6.07) is 1.39. The van der Waals surface area contributed by atoms with Gasteiger partial charge in [0.1, 0.15) is 5.82 Å². The third-order valence-corrected chi connectivity index (χ3v) is 2.52. The number of aryl methyl sites for hydroxylation is 1. The molecule has 0 fully saturated rings. The number of nitrogens with zero attached hydrogens (tertiary/aromatic N) is 3. The molecule has 1 amide bonds. The number of aromatic nitrogens is 3. The van der Waals surface area contributed by atoms with Crippen LogP contribution in [0, 0.1) is 17.5 Å². The molecule has 0 atom stereocenters. The summed E-state index contributed by atoms with van der Waals surface area (Å²) < 4.78 is 40.9. The molecule has 1 aromatic carbocycles. The van der Waals surface area contributed by atoms with Crippen molar-refractivity contribution < 1.29 is 18.0 Å². The molecule has 2 aromatic rings. The highest BCUT2D eigenvalue weighted by atomic mass is 19.2. The molecule has 0 unspecified atom stereocenters. The molecule has 0 bridgehead atoms. The predicted octanol–water partition coefficient (Wildman–Crippen LogP) is 0.996. The minimum Gasteiger partial charge on any atom is -0.368 e. The number of amides is 1. The van der Waals surface area contributed by atoms with Crippen molar-refractivity contribution in [3.05, 3.63) is 35.1 Å². The number of anilines is 2. The van der Waals surface area contributed by atoms with Crippen molar-refractivity contribution in [1.29, 1.82) is 0 Å². The Morgan fingerprint density at radius 3 is 2.60 bits per heavy atom. The molecule has 6 nitrogen and oxygen atoms in total. The van der Waals surface area contributed by atoms with Crippen molar-refractivity contribution in [1.82, 2.24) is 14.8 Å². The quantitative estimate of drug-likeness (QED) is 0.824. The summed E-state index contributed by atoms with van der Waals surface area (Å²) in [5, 5.41) is 5.95. The van der Waals surface area contributed by atoms with Crippen molar-refractivity contribution in [3.8, 4) is 0 Å². The van der Waals surface area contributed by atoms with Crippen molar-refractivity contribution in [2.45, 2.75) is 6.42 Å². The SMILES string of the molecule is Cn1nc(NC(=O)Cc2c(F)ccc(F)c2F)nc1N. The number of nitrogen functional groups attached to an aromatic ring is 1. The monoisotopic (exact) mass is 285 g/mol. The van der Waals surface area contributed by atoms with E-state index in [4.69, 9.17) is 5.73 Å². The van der Waals surface area contributed by atoms with Crippen molar-refractivity contribution in [3.63, 3.8) is 0 Å². The lowest BCUT2D eigenvalue weighted by atomic mass is 10.1. The zero-order valence-electron chi connectivity index (χ0n) is 10.3. The Bertz CT molecular complexity index is 651. The van der Waals surface area contributed by atoms with Crippen molar-refractivity contribution >= 4 is 17.8 Å². The molecular formula is C11H10F3N5O. The second-order valence-corrected chi connectivity index (χ2v) is 3.96. The first-order valence-electron chi connectivity index (χ1n) is 5.47. The van der Waals surface area contributed by atoms with E-state index in [9.17, 15) is 18.0 Å². The molecule has 0 aliphatic rings. The summed E-state index contributed by atoms with van der Waals surface area (Å²) in [6.07, 6.45) is -0.687. The van der Waals surface area contributed by atoms with Crippen LogP contribution < -0.4 is 11.1 Å². The maximum Gasteiger partial charge on any atom is 0.250 e. The van der Waals surface area contributed by atoms with E-state index < -0.39 is 35.3 Å². The van der Waals surface area contributed by atoms with Crippen LogP contribution in [0.1, 0.15) is 5.56 Å². The number of carbonyl (C=O) groups is 1. The van der Waals surface area contributed by atoms with Crippen LogP contribution in [-0.2, 0) is 18.3 Å². The minimum atomic E-state index is -1.39. The highest BCUT2D eigenvalue weighted by molar-refractivity contribution is 5.90. The number of carbonyl (C=O) groups excluding carboxylic acids is 1. The molecule has 20 heavy (non-hydrogen) atoms. The highest BCUT2D eigenvalue weighted by Gasteiger charge is 2.18. The van der Waals surface area contributed by atoms with Gasteiger partial charge in [0.2, 0.25) is 11.9 Å². The maximum absolute atomic E-state index is 13.4. The van der Waals surface area contributed by atoms with Crippen molar-refractivity contribution in [2.24, 2.45) is 7.05 Å². The number of hydrogen-bond donors (Lipinski definition) is 2. The van der Waals surface area contributed by atoms with Gasteiger partial charge < -0.3 is 5.73 Å². The van der Waals surface area contributed by atoms with Gasteiger partial charge >= 0.3 is 0 Å². The van der Waals surface area contributed by atoms with Crippen LogP contribution in [0.5, 0.6) is 0 Å². The Morgan fingerprint density at radius 2 is 2.00 bits per heavy atom. The lowest BCUT2D eigenvalue weighted by Gasteiger charge is -2.05. The molecule has 0 aliphatic carbocycles. The fourth-order valence-electron chi connectivity index (χ4n) is 1.51. The smallest absolute Gasteiger partial charge is 0.250 e. The zero-order chi connectivity index (χ0) is 14.9. The van der Waals surface area contributed by atoms with Crippen LogP contribution >= 0.6 is 0 Å². The van der Waals surface area contributed by atoms with E-state index in [1.165, 1.54) is 11.7 Å². The standard InChI is InChI=1S/C11H10F3N5O/c1-19-10(15)17-11(18-19)16-8(20)4-5-6(12)2-3-7(13)9(5)14/h2-3H,4H2,1H3,(H3,15,16,17,18,20). The Hall–Kier alpha value is -2.58. The van der Waals surface area contributed by atoms with Crippen LogP contribution in [0.3, 0.4) is 0 Å². The third-order valence-electron chi connectivity index (χ3n) is 2.52. The maximum atomic E-state index is 13.4. The molecule has 0 radical (unpaired) electrons. The van der Waals surface area contributed by atoms with E-state index in [-0.39, 0.29) is 11.9 Å². The van der Waals surface area contributed by atoms with Crippen LogP contribution in [-0.4, -0.2) is 20.7 Å². The number of hydrogen-bond acceptors (Lipinski definition) is 4. The fraction of sp³-hybridized carbons (Fsp3) is 0.182. The summed E-state index contributed by atoms with van der Waals surface area (Å²) in [5.41, 5.74) is 4.74. The van der Waals surface area contributed by atoms with E-state index in [2.05, 4.69) is 15.4 Å². The Balaban J connectivity index is 2.14. The van der Waals surface area contributed by atoms with Gasteiger partial charge in [0.25, 0.3) is 5.95 Å². The lowest BCUT2D eigenvalue weighted by Crippen LogP contribution is -2.17. The van der Waals surface area contributed by atoms with Gasteiger partial charge in [-0.05, 0) is 12.1 Å². The molecular weight excluding hydrogens is 275 g/mol. The molecule has 1 heterocycles. The van der Waals surface area contributed by atoms with Gasteiger partial charge in [-0.15, -0.1) is 5.10 Å². The molecule has 2 rings (SSSR count). The van der Waals surface area contributed by atoms with Gasteiger partial charge in [0.05, 0.1) is 6.42 Å². The number of nitrogens with two attached hydrogens (primary N) is 1. The number of nitrogens with one attached hydrogen (secondary N) is 1. The third kappa shape index (κ3) is 2.71. The minimum absolute atomic E-state index is 0.0587. The molecule has 0 aliphatic heterocycles. The number of halogens is 3. The van der Waals surface area contributed by atoms with Crippen LogP contribution in [0.4, 0.5) is 25.1 Å². The highest BCUT2D eigenvalue weighted by Crippen LogP contribution is 2.16. The number of rotatable bonds is 3. The van der Waals surface area contributed by atoms with Crippen LogP contribution in [0.15, 0.2) is 12.1 Å². The van der Waals surface area contributed by atoms with E-state index in [1.807, 2.05) is 0 Å². The molecule has 0 spiro atoms. The molecule has 3 N–H and O–H groups in total. The lowest BCUT2D eigenvalue weighted by molar-refractivity contribution is -0.115. The normalized spacial score (nSPS) is 10.6. The van der Waals surface area contributed by atoms with E-state index in [1.54, 1.807) is 0 Å². The summed E-state index contributed by atoms with van der Waals surface area (Å²) in [5.74, 6) is -4.47. The average molecular weight is 285 g/mol. The van der Waals surface area contributed by atoms with Gasteiger partial charge in [-0.1, -0.05) is 0 Å². The Kier molecular flexibility index (Phi) is 3.59. The number of benzene rings is 1. The second-order valence-electron chi connectivity index (χ2n) is 3.96. The van der Waals surface area contributed by atoms with Crippen LogP contribution in [0.25, 0.3) is 0 Å². The molecule has 106 valence electrons. The average Bonchev–Trinajstić information content (AvgIpc) is 2.68. The largest absolute Gasteiger partial charge is 0.368 e. The fourth-order valence-corrected chi connectivity index (χ4v) is 1.51. The van der Waals surface area contributed by atoms with Crippen LogP contribution in [0.2, 0.25) is 0 Å². The first kappa shape index (κ1) is 13.8. The van der Waals surface area contributed by atoms with Gasteiger partial charge in [0, 0.05) is 12.6 Å². The summed E-state index contributed by atoms with van der Waals surface area (Å²) in [4.78, 5) is 15.3. The molecule has 1 aromatic heterocycles. The van der Waals surface area contributed by atoms with Crippen molar-refractivity contribution in [2.75, 3.05) is 11.1 Å². The first-order valence-corrected chi connectivity index (χ1v) is 5.47. The predicted molar refractivity (Wildman–Crippen MR) is 64.1 cm³/mol. The topological polar surface area (TPSA) is 85.8 Å². The van der Waals surface area contributed by atoms with E-state index >= 15 is 0 Å². The summed E-state index contributed by atoms with van der Waals surface area (Å²) in [6.45, 7) is 0. The summed E-state index contributed by atoms with van der Waals surface area (Å²) in [7, 11) is 1.50. The Morgan fingerprint density at radius 1 is 1.35 bits per heavy atom. The zero-order valence-corrected chi connectivity index (χ0v) is 10.3. The van der Waals surface area contributed by atoms with E-state index in [0.29, 0.717) is 6.07 Å². The molecule has 9 heteroatoms. The van der Waals surface area contributed by atoms with Gasteiger partial charge in [0.15, 0.2) is 11.6 Å². The summed E-state index contributed by atoms with van der Waals surface area (Å²) >= 11 is 0. The van der Waals surface area contributed by atoms with Gasteiger partial charge in [-0.3, -0.25) is 10.1 Å². The van der Waals surface area contributed by atoms with Gasteiger partial charge in [-0.25, -0.2) is 17.9 Å². The Labute approximate surface area is 111 Å².